The largest absolute Gasteiger partial charge is 0.573 e. The van der Waals surface area contributed by atoms with Crippen LogP contribution in [0.3, 0.4) is 0 Å². The molecule has 0 unspecified atom stereocenters. The molecule has 0 atom stereocenters. The number of halogens is 3. The van der Waals surface area contributed by atoms with Crippen LogP contribution in [-0.4, -0.2) is 24.8 Å². The van der Waals surface area contributed by atoms with Crippen LogP contribution < -0.4 is 21.1 Å². The van der Waals surface area contributed by atoms with Gasteiger partial charge < -0.3 is 21.1 Å². The second-order valence-corrected chi connectivity index (χ2v) is 4.37. The molecule has 1 aromatic carbocycles. The monoisotopic (exact) mass is 319 g/mol. The molecule has 1 aromatic rings. The molecule has 9 heteroatoms. The van der Waals surface area contributed by atoms with Crippen molar-refractivity contribution in [3.63, 3.8) is 0 Å². The SMILES string of the molecule is NC(=O)NCCCCC(=O)Nc1ccc(OC(F)(F)F)cc1. The van der Waals surface area contributed by atoms with E-state index in [1.807, 2.05) is 0 Å². The lowest BCUT2D eigenvalue weighted by molar-refractivity contribution is -0.274. The molecule has 0 radical (unpaired) electrons. The van der Waals surface area contributed by atoms with E-state index in [-0.39, 0.29) is 18.1 Å². The average molecular weight is 319 g/mol. The van der Waals surface area contributed by atoms with Crippen LogP contribution in [0.2, 0.25) is 0 Å². The summed E-state index contributed by atoms with van der Waals surface area (Å²) in [6.45, 7) is 0.381. The van der Waals surface area contributed by atoms with Crippen LogP contribution in [0.1, 0.15) is 19.3 Å². The molecular weight excluding hydrogens is 303 g/mol. The van der Waals surface area contributed by atoms with Gasteiger partial charge in [-0.05, 0) is 37.1 Å². The summed E-state index contributed by atoms with van der Waals surface area (Å²) in [6, 6.07) is 4.23. The minimum absolute atomic E-state index is 0.223. The van der Waals surface area contributed by atoms with Crippen molar-refractivity contribution in [2.24, 2.45) is 5.73 Å². The lowest BCUT2D eigenvalue weighted by Gasteiger charge is -2.10. The van der Waals surface area contributed by atoms with E-state index in [4.69, 9.17) is 5.73 Å². The number of nitrogens with one attached hydrogen (secondary N) is 2. The third-order valence-corrected chi connectivity index (χ3v) is 2.50. The second kappa shape index (κ2) is 8.11. The molecule has 6 nitrogen and oxygen atoms in total. The van der Waals surface area contributed by atoms with Gasteiger partial charge in [-0.15, -0.1) is 13.2 Å². The Hall–Kier alpha value is -2.45. The Kier molecular flexibility index (Phi) is 6.48. The van der Waals surface area contributed by atoms with E-state index < -0.39 is 12.4 Å². The summed E-state index contributed by atoms with van der Waals surface area (Å²) < 4.78 is 39.6. The zero-order valence-corrected chi connectivity index (χ0v) is 11.6. The van der Waals surface area contributed by atoms with Gasteiger partial charge in [0, 0.05) is 18.7 Å². The smallest absolute Gasteiger partial charge is 0.406 e. The Balaban J connectivity index is 2.31. The number of urea groups is 1. The van der Waals surface area contributed by atoms with Crippen LogP contribution >= 0.6 is 0 Å². The van der Waals surface area contributed by atoms with Crippen molar-refractivity contribution in [1.29, 1.82) is 0 Å². The number of amides is 3. The van der Waals surface area contributed by atoms with Crippen molar-refractivity contribution in [1.82, 2.24) is 5.32 Å². The molecule has 0 fully saturated rings. The maximum Gasteiger partial charge on any atom is 0.573 e. The van der Waals surface area contributed by atoms with Crippen LogP contribution in [0, 0.1) is 0 Å². The van der Waals surface area contributed by atoms with E-state index in [0.717, 1.165) is 12.1 Å². The van der Waals surface area contributed by atoms with Gasteiger partial charge in [0.05, 0.1) is 0 Å². The van der Waals surface area contributed by atoms with Gasteiger partial charge in [0.15, 0.2) is 0 Å². The standard InChI is InChI=1S/C13H16F3N3O3/c14-13(15,16)22-10-6-4-9(5-7-10)19-11(20)3-1-2-8-18-12(17)21/h4-7H,1-3,8H2,(H,19,20)(H3,17,18,21). The number of carbonyl (C=O) groups is 2. The minimum Gasteiger partial charge on any atom is -0.406 e. The van der Waals surface area contributed by atoms with Gasteiger partial charge in [0.25, 0.3) is 0 Å². The number of anilines is 1. The lowest BCUT2D eigenvalue weighted by atomic mass is 10.2. The molecule has 0 aliphatic heterocycles. The van der Waals surface area contributed by atoms with Gasteiger partial charge in [0.2, 0.25) is 5.91 Å². The number of carbonyl (C=O) groups excluding carboxylic acids is 2. The van der Waals surface area contributed by atoms with Crippen LogP contribution in [0.25, 0.3) is 0 Å². The van der Waals surface area contributed by atoms with Crippen LogP contribution in [0.4, 0.5) is 23.7 Å². The molecule has 0 saturated heterocycles. The highest BCUT2D eigenvalue weighted by Gasteiger charge is 2.30. The first kappa shape index (κ1) is 17.6. The number of benzene rings is 1. The number of ether oxygens (including phenoxy) is 1. The van der Waals surface area contributed by atoms with E-state index in [1.165, 1.54) is 12.1 Å². The molecule has 0 spiro atoms. The summed E-state index contributed by atoms with van der Waals surface area (Å²) in [4.78, 5) is 22.0. The number of rotatable bonds is 7. The highest BCUT2D eigenvalue weighted by molar-refractivity contribution is 5.90. The summed E-state index contributed by atoms with van der Waals surface area (Å²) in [6.07, 6.45) is -3.39. The molecule has 3 amide bonds. The fraction of sp³-hybridized carbons (Fsp3) is 0.385. The number of unbranched alkanes of at least 4 members (excludes halogenated alkanes) is 1. The molecule has 0 aromatic heterocycles. The molecule has 0 bridgehead atoms. The van der Waals surface area contributed by atoms with E-state index >= 15 is 0 Å². The minimum atomic E-state index is -4.75. The average Bonchev–Trinajstić information content (AvgIpc) is 2.38. The Labute approximate surface area is 124 Å². The molecule has 0 aliphatic rings. The van der Waals surface area contributed by atoms with Gasteiger partial charge in [-0.25, -0.2) is 4.79 Å². The van der Waals surface area contributed by atoms with Crippen LogP contribution in [-0.2, 0) is 4.79 Å². The first-order chi connectivity index (χ1) is 10.3. The maximum atomic E-state index is 12.0. The lowest BCUT2D eigenvalue weighted by Crippen LogP contribution is -2.30. The molecule has 0 saturated carbocycles. The van der Waals surface area contributed by atoms with E-state index in [2.05, 4.69) is 15.4 Å². The molecule has 1 rings (SSSR count). The Bertz CT molecular complexity index is 503. The van der Waals surface area contributed by atoms with Crippen molar-refractivity contribution >= 4 is 17.6 Å². The second-order valence-electron chi connectivity index (χ2n) is 4.37. The fourth-order valence-corrected chi connectivity index (χ4v) is 1.59. The van der Waals surface area contributed by atoms with Crippen molar-refractivity contribution in [2.45, 2.75) is 25.6 Å². The predicted octanol–water partition coefficient (Wildman–Crippen LogP) is 2.36. The van der Waals surface area contributed by atoms with Crippen LogP contribution in [0.15, 0.2) is 24.3 Å². The van der Waals surface area contributed by atoms with Crippen molar-refractivity contribution in [3.05, 3.63) is 24.3 Å². The Morgan fingerprint density at radius 2 is 1.77 bits per heavy atom. The highest BCUT2D eigenvalue weighted by atomic mass is 19.4. The predicted molar refractivity (Wildman–Crippen MR) is 73.2 cm³/mol. The third kappa shape index (κ3) is 7.98. The summed E-state index contributed by atoms with van der Waals surface area (Å²) in [7, 11) is 0. The third-order valence-electron chi connectivity index (χ3n) is 2.50. The first-order valence-electron chi connectivity index (χ1n) is 6.45. The summed E-state index contributed by atoms with van der Waals surface area (Å²) in [5.74, 6) is -0.633. The van der Waals surface area contributed by atoms with E-state index in [0.29, 0.717) is 25.1 Å². The summed E-state index contributed by atoms with van der Waals surface area (Å²) in [5.41, 5.74) is 5.25. The zero-order valence-electron chi connectivity index (χ0n) is 11.6. The highest BCUT2D eigenvalue weighted by Crippen LogP contribution is 2.23. The number of primary amides is 1. The summed E-state index contributed by atoms with van der Waals surface area (Å²) in [5, 5.41) is 4.94. The fourth-order valence-electron chi connectivity index (χ4n) is 1.59. The molecule has 0 aliphatic carbocycles. The first-order valence-corrected chi connectivity index (χ1v) is 6.45. The normalized spacial score (nSPS) is 10.9. The number of nitrogens with two attached hydrogens (primary N) is 1. The van der Waals surface area contributed by atoms with Crippen molar-refractivity contribution in [3.8, 4) is 5.75 Å². The van der Waals surface area contributed by atoms with Gasteiger partial charge in [-0.3, -0.25) is 4.79 Å². The molecular formula is C13H16F3N3O3. The molecule has 22 heavy (non-hydrogen) atoms. The maximum absolute atomic E-state index is 12.0. The van der Waals surface area contributed by atoms with E-state index in [9.17, 15) is 22.8 Å². The summed E-state index contributed by atoms with van der Waals surface area (Å²) >= 11 is 0. The van der Waals surface area contributed by atoms with Gasteiger partial charge in [-0.1, -0.05) is 0 Å². The van der Waals surface area contributed by atoms with Crippen molar-refractivity contribution in [2.75, 3.05) is 11.9 Å². The number of hydrogen-bond acceptors (Lipinski definition) is 3. The molecule has 0 heterocycles. The van der Waals surface area contributed by atoms with Crippen LogP contribution in [0.5, 0.6) is 5.75 Å². The molecule has 122 valence electrons. The van der Waals surface area contributed by atoms with Crippen molar-refractivity contribution < 1.29 is 27.5 Å². The molecule has 4 N–H and O–H groups in total. The van der Waals surface area contributed by atoms with E-state index in [1.54, 1.807) is 0 Å². The zero-order chi connectivity index (χ0) is 16.6. The van der Waals surface area contributed by atoms with Gasteiger partial charge >= 0.3 is 12.4 Å². The number of hydrogen-bond donors (Lipinski definition) is 3. The number of alkyl halides is 3. The topological polar surface area (TPSA) is 93.5 Å². The Morgan fingerprint density at radius 1 is 1.14 bits per heavy atom. The van der Waals surface area contributed by atoms with Gasteiger partial charge in [-0.2, -0.15) is 0 Å². The van der Waals surface area contributed by atoms with Gasteiger partial charge in [0.1, 0.15) is 5.75 Å². The quantitative estimate of drug-likeness (QED) is 0.674. The Morgan fingerprint density at radius 3 is 2.32 bits per heavy atom.